The van der Waals surface area contributed by atoms with Crippen molar-refractivity contribution in [2.75, 3.05) is 0 Å². The molecule has 2 N–H and O–H groups in total. The van der Waals surface area contributed by atoms with Crippen molar-refractivity contribution in [3.8, 4) is 0 Å². The minimum absolute atomic E-state index is 0.171. The van der Waals surface area contributed by atoms with Crippen LogP contribution in [0.15, 0.2) is 72.0 Å². The first kappa shape index (κ1) is 14.2. The van der Waals surface area contributed by atoms with Gasteiger partial charge in [-0.2, -0.15) is 0 Å². The minimum atomic E-state index is -0.574. The van der Waals surface area contributed by atoms with Crippen LogP contribution in [-0.2, 0) is 6.42 Å². The molecule has 1 atom stereocenters. The van der Waals surface area contributed by atoms with Crippen LogP contribution in [0.5, 0.6) is 0 Å². The fourth-order valence-electron chi connectivity index (χ4n) is 2.51. The normalized spacial score (nSPS) is 12.2. The van der Waals surface area contributed by atoms with Crippen LogP contribution in [0.4, 0.5) is 0 Å². The average Bonchev–Trinajstić information content (AvgIpc) is 2.56. The van der Waals surface area contributed by atoms with Gasteiger partial charge < -0.3 is 5.73 Å². The van der Waals surface area contributed by atoms with Gasteiger partial charge in [0, 0.05) is 6.42 Å². The number of benzene rings is 2. The SMILES string of the molecule is C=CC(N)n1c(=O)c(Cc2ccccc2)nc2ccccc21. The smallest absolute Gasteiger partial charge is 0.274 e. The zero-order valence-corrected chi connectivity index (χ0v) is 12.1. The number of para-hydroxylation sites is 2. The van der Waals surface area contributed by atoms with E-state index >= 15 is 0 Å². The molecule has 2 aromatic carbocycles. The van der Waals surface area contributed by atoms with Gasteiger partial charge in [-0.25, -0.2) is 4.98 Å². The lowest BCUT2D eigenvalue weighted by Gasteiger charge is -2.15. The highest BCUT2D eigenvalue weighted by Gasteiger charge is 2.14. The van der Waals surface area contributed by atoms with E-state index in [-0.39, 0.29) is 5.56 Å². The molecule has 3 aromatic rings. The maximum absolute atomic E-state index is 12.8. The number of aromatic nitrogens is 2. The molecule has 1 aromatic heterocycles. The van der Waals surface area contributed by atoms with Crippen LogP contribution < -0.4 is 11.3 Å². The van der Waals surface area contributed by atoms with Gasteiger partial charge in [0.2, 0.25) is 0 Å². The van der Waals surface area contributed by atoms with Gasteiger partial charge >= 0.3 is 0 Å². The molecule has 0 aliphatic heterocycles. The molecule has 110 valence electrons. The Morgan fingerprint density at radius 2 is 1.82 bits per heavy atom. The molecule has 0 radical (unpaired) electrons. The van der Waals surface area contributed by atoms with Gasteiger partial charge in [0.15, 0.2) is 0 Å². The van der Waals surface area contributed by atoms with Crippen molar-refractivity contribution < 1.29 is 0 Å². The van der Waals surface area contributed by atoms with Gasteiger partial charge in [0.05, 0.1) is 11.0 Å². The molecule has 0 aliphatic carbocycles. The van der Waals surface area contributed by atoms with E-state index in [1.165, 1.54) is 0 Å². The van der Waals surface area contributed by atoms with Crippen molar-refractivity contribution in [3.63, 3.8) is 0 Å². The van der Waals surface area contributed by atoms with Crippen molar-refractivity contribution >= 4 is 11.0 Å². The van der Waals surface area contributed by atoms with Crippen molar-refractivity contribution in [2.24, 2.45) is 5.73 Å². The first-order valence-electron chi connectivity index (χ1n) is 7.13. The molecule has 0 bridgehead atoms. The molecular weight excluding hydrogens is 274 g/mol. The van der Waals surface area contributed by atoms with E-state index in [9.17, 15) is 4.79 Å². The molecule has 4 nitrogen and oxygen atoms in total. The lowest BCUT2D eigenvalue weighted by atomic mass is 10.1. The predicted molar refractivity (Wildman–Crippen MR) is 88.7 cm³/mol. The molecule has 0 fully saturated rings. The number of fused-ring (bicyclic) bond motifs is 1. The molecule has 0 spiro atoms. The van der Waals surface area contributed by atoms with Crippen LogP contribution in [0.25, 0.3) is 11.0 Å². The molecule has 3 rings (SSSR count). The Balaban J connectivity index is 2.21. The molecule has 0 saturated carbocycles. The summed E-state index contributed by atoms with van der Waals surface area (Å²) in [5.74, 6) is 0. The first-order valence-corrected chi connectivity index (χ1v) is 7.13. The van der Waals surface area contributed by atoms with Crippen molar-refractivity contribution in [2.45, 2.75) is 12.6 Å². The summed E-state index contributed by atoms with van der Waals surface area (Å²) in [6, 6.07) is 17.3. The van der Waals surface area contributed by atoms with Crippen LogP contribution in [0.2, 0.25) is 0 Å². The lowest BCUT2D eigenvalue weighted by molar-refractivity contribution is 0.622. The van der Waals surface area contributed by atoms with E-state index in [4.69, 9.17) is 5.73 Å². The highest BCUT2D eigenvalue weighted by Crippen LogP contribution is 2.14. The van der Waals surface area contributed by atoms with Gasteiger partial charge in [0.1, 0.15) is 11.9 Å². The Hall–Kier alpha value is -2.72. The van der Waals surface area contributed by atoms with Crippen molar-refractivity contribution in [1.82, 2.24) is 9.55 Å². The van der Waals surface area contributed by atoms with Gasteiger partial charge in [-0.1, -0.05) is 55.1 Å². The maximum Gasteiger partial charge on any atom is 0.274 e. The topological polar surface area (TPSA) is 60.9 Å². The highest BCUT2D eigenvalue weighted by atomic mass is 16.1. The Kier molecular flexibility index (Phi) is 3.85. The summed E-state index contributed by atoms with van der Waals surface area (Å²) in [6.07, 6.45) is 1.46. The summed E-state index contributed by atoms with van der Waals surface area (Å²) in [4.78, 5) is 17.3. The quantitative estimate of drug-likeness (QED) is 0.752. The van der Waals surface area contributed by atoms with Crippen LogP contribution in [0.3, 0.4) is 0 Å². The Labute approximate surface area is 128 Å². The molecular formula is C18H17N3O. The maximum atomic E-state index is 12.8. The largest absolute Gasteiger partial charge is 0.308 e. The third-order valence-corrected chi connectivity index (χ3v) is 3.62. The standard InChI is InChI=1S/C18H17N3O/c1-2-17(19)21-16-11-7-6-10-14(16)20-15(18(21)22)12-13-8-4-3-5-9-13/h2-11,17H,1,12,19H2. The summed E-state index contributed by atoms with van der Waals surface area (Å²) >= 11 is 0. The number of nitrogens with zero attached hydrogens (tertiary/aromatic N) is 2. The van der Waals surface area contributed by atoms with E-state index < -0.39 is 6.17 Å². The van der Waals surface area contributed by atoms with E-state index in [1.807, 2.05) is 54.6 Å². The summed E-state index contributed by atoms with van der Waals surface area (Å²) in [6.45, 7) is 3.69. The Morgan fingerprint density at radius 1 is 1.14 bits per heavy atom. The minimum Gasteiger partial charge on any atom is -0.308 e. The third kappa shape index (κ3) is 2.56. The number of hydrogen-bond donors (Lipinski definition) is 1. The Bertz CT molecular complexity index is 868. The van der Waals surface area contributed by atoms with Crippen LogP contribution in [-0.4, -0.2) is 9.55 Å². The number of rotatable bonds is 4. The van der Waals surface area contributed by atoms with Gasteiger partial charge in [-0.3, -0.25) is 9.36 Å². The van der Waals surface area contributed by atoms with E-state index in [2.05, 4.69) is 11.6 Å². The van der Waals surface area contributed by atoms with Crippen LogP contribution >= 0.6 is 0 Å². The molecule has 4 heteroatoms. The zero-order valence-electron chi connectivity index (χ0n) is 12.1. The van der Waals surface area contributed by atoms with Gasteiger partial charge in [-0.15, -0.1) is 0 Å². The fraction of sp³-hybridized carbons (Fsp3) is 0.111. The molecule has 1 heterocycles. The lowest BCUT2D eigenvalue weighted by Crippen LogP contribution is -2.32. The van der Waals surface area contributed by atoms with Crippen LogP contribution in [0, 0.1) is 0 Å². The Morgan fingerprint density at radius 3 is 2.55 bits per heavy atom. The summed E-state index contributed by atoms with van der Waals surface area (Å²) < 4.78 is 1.55. The molecule has 0 amide bonds. The second-order valence-corrected chi connectivity index (χ2v) is 5.11. The van der Waals surface area contributed by atoms with Gasteiger partial charge in [-0.05, 0) is 17.7 Å². The summed E-state index contributed by atoms with van der Waals surface area (Å²) in [5.41, 5.74) is 8.87. The van der Waals surface area contributed by atoms with E-state index in [1.54, 1.807) is 10.6 Å². The monoisotopic (exact) mass is 291 g/mol. The van der Waals surface area contributed by atoms with Gasteiger partial charge in [0.25, 0.3) is 5.56 Å². The summed E-state index contributed by atoms with van der Waals surface area (Å²) in [7, 11) is 0. The second kappa shape index (κ2) is 5.95. The number of nitrogens with two attached hydrogens (primary N) is 1. The highest BCUT2D eigenvalue weighted by molar-refractivity contribution is 5.74. The predicted octanol–water partition coefficient (Wildman–Crippen LogP) is 2.63. The first-order chi connectivity index (χ1) is 10.7. The molecule has 22 heavy (non-hydrogen) atoms. The van der Waals surface area contributed by atoms with Crippen molar-refractivity contribution in [3.05, 3.63) is 88.9 Å². The molecule has 0 saturated heterocycles. The van der Waals surface area contributed by atoms with E-state index in [0.29, 0.717) is 12.1 Å². The molecule has 1 unspecified atom stereocenters. The van der Waals surface area contributed by atoms with E-state index in [0.717, 1.165) is 16.6 Å². The van der Waals surface area contributed by atoms with Crippen molar-refractivity contribution in [1.29, 1.82) is 0 Å². The number of hydrogen-bond acceptors (Lipinski definition) is 3. The third-order valence-electron chi connectivity index (χ3n) is 3.62. The average molecular weight is 291 g/mol. The molecule has 0 aliphatic rings. The summed E-state index contributed by atoms with van der Waals surface area (Å²) in [5, 5.41) is 0. The fourth-order valence-corrected chi connectivity index (χ4v) is 2.51. The zero-order chi connectivity index (χ0) is 15.5. The second-order valence-electron chi connectivity index (χ2n) is 5.11. The van der Waals surface area contributed by atoms with Crippen LogP contribution in [0.1, 0.15) is 17.4 Å².